The van der Waals surface area contributed by atoms with Crippen LogP contribution in [0.2, 0.25) is 0 Å². The first-order valence-electron chi connectivity index (χ1n) is 9.81. The predicted molar refractivity (Wildman–Crippen MR) is 114 cm³/mol. The van der Waals surface area contributed by atoms with E-state index in [1.165, 1.54) is 50.1 Å². The van der Waals surface area contributed by atoms with E-state index in [0.717, 1.165) is 27.5 Å². The number of thioether (sulfide) groups is 1. The van der Waals surface area contributed by atoms with Crippen LogP contribution in [0, 0.1) is 0 Å². The van der Waals surface area contributed by atoms with Crippen molar-refractivity contribution in [2.24, 2.45) is 14.1 Å². The van der Waals surface area contributed by atoms with E-state index in [0.29, 0.717) is 17.7 Å². The van der Waals surface area contributed by atoms with E-state index >= 15 is 0 Å². The first-order chi connectivity index (χ1) is 12.9. The Morgan fingerprint density at radius 1 is 1.04 bits per heavy atom. The zero-order valence-corrected chi connectivity index (χ0v) is 17.9. The van der Waals surface area contributed by atoms with E-state index in [-0.39, 0.29) is 11.2 Å². The van der Waals surface area contributed by atoms with E-state index in [1.54, 1.807) is 18.8 Å². The van der Waals surface area contributed by atoms with Gasteiger partial charge in [0.25, 0.3) is 5.56 Å². The first kappa shape index (κ1) is 21.5. The van der Waals surface area contributed by atoms with Crippen molar-refractivity contribution in [3.8, 4) is 0 Å². The molecule has 2 aromatic rings. The average Bonchev–Trinajstić information content (AvgIpc) is 2.98. The molecular weight excluding hydrogens is 360 g/mol. The third-order valence-electron chi connectivity index (χ3n) is 4.72. The fraction of sp³-hybridized carbons (Fsp3) is 0.650. The maximum atomic E-state index is 12.7. The van der Waals surface area contributed by atoms with Crippen molar-refractivity contribution in [3.63, 3.8) is 0 Å². The van der Waals surface area contributed by atoms with E-state index in [1.807, 2.05) is 11.5 Å². The minimum absolute atomic E-state index is 0.301. The highest BCUT2D eigenvalue weighted by Crippen LogP contribution is 2.24. The Hall–Kier alpha value is -1.76. The van der Waals surface area contributed by atoms with Crippen LogP contribution in [0.3, 0.4) is 0 Å². The molecule has 7 heteroatoms. The van der Waals surface area contributed by atoms with Gasteiger partial charge in [-0.25, -0.2) is 9.78 Å². The van der Waals surface area contributed by atoms with Crippen molar-refractivity contribution in [1.29, 1.82) is 0 Å². The molecule has 0 fully saturated rings. The molecule has 150 valence electrons. The van der Waals surface area contributed by atoms with Crippen molar-refractivity contribution < 1.29 is 0 Å². The normalized spacial score (nSPS) is 11.4. The molecule has 2 aromatic heterocycles. The number of allylic oxidation sites excluding steroid dienone is 1. The van der Waals surface area contributed by atoms with E-state index < -0.39 is 0 Å². The van der Waals surface area contributed by atoms with Crippen molar-refractivity contribution in [2.75, 3.05) is 5.75 Å². The molecule has 0 aromatic carbocycles. The molecule has 0 radical (unpaired) electrons. The van der Waals surface area contributed by atoms with Gasteiger partial charge in [-0.05, 0) is 13.3 Å². The second-order valence-electron chi connectivity index (χ2n) is 7.29. The molecule has 6 nitrogen and oxygen atoms in total. The summed E-state index contributed by atoms with van der Waals surface area (Å²) < 4.78 is 4.50. The van der Waals surface area contributed by atoms with E-state index in [4.69, 9.17) is 0 Å². The quantitative estimate of drug-likeness (QED) is 0.331. The van der Waals surface area contributed by atoms with Crippen LogP contribution >= 0.6 is 11.8 Å². The number of imidazole rings is 1. The van der Waals surface area contributed by atoms with Gasteiger partial charge in [0.15, 0.2) is 16.3 Å². The Morgan fingerprint density at radius 2 is 1.67 bits per heavy atom. The molecule has 0 N–H and O–H groups in total. The first-order valence-corrected chi connectivity index (χ1v) is 10.8. The Kier molecular flexibility index (Phi) is 7.95. The highest BCUT2D eigenvalue weighted by atomic mass is 32.2. The van der Waals surface area contributed by atoms with Gasteiger partial charge in [-0.3, -0.25) is 13.9 Å². The van der Waals surface area contributed by atoms with Crippen LogP contribution in [-0.4, -0.2) is 24.4 Å². The molecule has 0 aliphatic rings. The zero-order valence-electron chi connectivity index (χ0n) is 17.1. The predicted octanol–water partition coefficient (Wildman–Crippen LogP) is 3.85. The van der Waals surface area contributed by atoms with Gasteiger partial charge in [0.1, 0.15) is 0 Å². The third kappa shape index (κ3) is 5.15. The monoisotopic (exact) mass is 392 g/mol. The third-order valence-corrected chi connectivity index (χ3v) is 5.78. The molecule has 2 heterocycles. The van der Waals surface area contributed by atoms with Gasteiger partial charge in [-0.2, -0.15) is 0 Å². The number of fused-ring (bicyclic) bond motifs is 1. The highest BCUT2D eigenvalue weighted by molar-refractivity contribution is 7.99. The number of unbranched alkanes of at least 4 members (excludes halogenated alkanes) is 6. The SMILES string of the molecule is C=C(C)Cn1c(SCCCCCCCCC)nc2c1c(=O)n(C)c(=O)n2C. The minimum Gasteiger partial charge on any atom is -0.309 e. The molecule has 27 heavy (non-hydrogen) atoms. The summed E-state index contributed by atoms with van der Waals surface area (Å²) in [6.45, 7) is 8.68. The standard InChI is InChI=1S/C20H32N4O2S/c1-6-7-8-9-10-11-12-13-27-19-21-17-16(24(19)14-15(2)3)18(25)23(5)20(26)22(17)4/h2,6-14H2,1,3-5H3. The Balaban J connectivity index is 2.17. The summed E-state index contributed by atoms with van der Waals surface area (Å²) in [6, 6.07) is 0. The van der Waals surface area contributed by atoms with Crippen molar-refractivity contribution in [3.05, 3.63) is 33.0 Å². The fourth-order valence-corrected chi connectivity index (χ4v) is 4.17. The number of aryl methyl sites for hydroxylation is 1. The lowest BCUT2D eigenvalue weighted by atomic mass is 10.1. The van der Waals surface area contributed by atoms with Crippen LogP contribution < -0.4 is 11.2 Å². The summed E-state index contributed by atoms with van der Waals surface area (Å²) >= 11 is 1.66. The van der Waals surface area contributed by atoms with Gasteiger partial charge >= 0.3 is 5.69 Å². The Labute approximate surface area is 165 Å². The lowest BCUT2D eigenvalue weighted by Gasteiger charge is -2.09. The van der Waals surface area contributed by atoms with Crippen LogP contribution in [-0.2, 0) is 20.6 Å². The lowest BCUT2D eigenvalue weighted by Crippen LogP contribution is -2.37. The molecule has 0 saturated carbocycles. The smallest absolute Gasteiger partial charge is 0.309 e. The topological polar surface area (TPSA) is 61.8 Å². The minimum atomic E-state index is -0.351. The summed E-state index contributed by atoms with van der Waals surface area (Å²) in [7, 11) is 3.17. The highest BCUT2D eigenvalue weighted by Gasteiger charge is 2.19. The van der Waals surface area contributed by atoms with Crippen LogP contribution in [0.4, 0.5) is 0 Å². The van der Waals surface area contributed by atoms with Gasteiger partial charge in [-0.1, -0.05) is 69.4 Å². The Morgan fingerprint density at radius 3 is 2.30 bits per heavy atom. The number of aromatic nitrogens is 4. The van der Waals surface area contributed by atoms with Crippen LogP contribution in [0.5, 0.6) is 0 Å². The van der Waals surface area contributed by atoms with Gasteiger partial charge in [-0.15, -0.1) is 0 Å². The number of hydrogen-bond acceptors (Lipinski definition) is 4. The van der Waals surface area contributed by atoms with Crippen molar-refractivity contribution in [1.82, 2.24) is 18.7 Å². The van der Waals surface area contributed by atoms with Crippen LogP contribution in [0.1, 0.15) is 58.8 Å². The summed E-state index contributed by atoms with van der Waals surface area (Å²) in [5, 5.41) is 0.789. The van der Waals surface area contributed by atoms with Crippen molar-refractivity contribution >= 4 is 22.9 Å². The van der Waals surface area contributed by atoms with Crippen molar-refractivity contribution in [2.45, 2.75) is 70.5 Å². The number of rotatable bonds is 11. The van der Waals surface area contributed by atoms with Gasteiger partial charge in [0.2, 0.25) is 0 Å². The maximum Gasteiger partial charge on any atom is 0.332 e. The van der Waals surface area contributed by atoms with Gasteiger partial charge < -0.3 is 4.57 Å². The molecule has 2 rings (SSSR count). The lowest BCUT2D eigenvalue weighted by molar-refractivity contribution is 0.603. The molecule has 0 saturated heterocycles. The molecule has 0 unspecified atom stereocenters. The maximum absolute atomic E-state index is 12.7. The molecular formula is C20H32N4O2S. The zero-order chi connectivity index (χ0) is 20.0. The summed E-state index contributed by atoms with van der Waals surface area (Å²) in [6.07, 6.45) is 8.86. The largest absolute Gasteiger partial charge is 0.332 e. The van der Waals surface area contributed by atoms with Crippen LogP contribution in [0.25, 0.3) is 11.2 Å². The average molecular weight is 393 g/mol. The second-order valence-corrected chi connectivity index (χ2v) is 8.35. The molecule has 0 spiro atoms. The number of nitrogens with zero attached hydrogens (tertiary/aromatic N) is 4. The van der Waals surface area contributed by atoms with Gasteiger partial charge in [0.05, 0.1) is 0 Å². The summed E-state index contributed by atoms with van der Waals surface area (Å²) in [5.74, 6) is 0.960. The summed E-state index contributed by atoms with van der Waals surface area (Å²) in [5.41, 5.74) is 1.22. The Bertz CT molecular complexity index is 907. The van der Waals surface area contributed by atoms with E-state index in [9.17, 15) is 9.59 Å². The number of hydrogen-bond donors (Lipinski definition) is 0. The molecule has 0 amide bonds. The molecule has 0 aliphatic carbocycles. The molecule has 0 atom stereocenters. The van der Waals surface area contributed by atoms with Gasteiger partial charge in [0, 0.05) is 26.4 Å². The fourth-order valence-electron chi connectivity index (χ4n) is 3.18. The molecule has 0 aliphatic heterocycles. The van der Waals surface area contributed by atoms with E-state index in [2.05, 4.69) is 18.5 Å². The van der Waals surface area contributed by atoms with Crippen LogP contribution in [0.15, 0.2) is 26.9 Å². The molecule has 0 bridgehead atoms. The second kappa shape index (κ2) is 9.97. The summed E-state index contributed by atoms with van der Waals surface area (Å²) in [4.78, 5) is 29.5.